The highest BCUT2D eigenvalue weighted by Gasteiger charge is 2.16. The minimum absolute atomic E-state index is 0.616. The van der Waals surface area contributed by atoms with E-state index in [9.17, 15) is 0 Å². The van der Waals surface area contributed by atoms with Crippen LogP contribution in [0.25, 0.3) is 0 Å². The summed E-state index contributed by atoms with van der Waals surface area (Å²) >= 11 is 2.32. The van der Waals surface area contributed by atoms with E-state index in [0.717, 1.165) is 18.8 Å². The SMILES string of the molecule is NCc1c(I)ccc2c1CCO2. The van der Waals surface area contributed by atoms with Crippen LogP contribution in [-0.4, -0.2) is 6.61 Å². The first kappa shape index (κ1) is 8.31. The Labute approximate surface area is 85.2 Å². The van der Waals surface area contributed by atoms with Gasteiger partial charge in [0.25, 0.3) is 0 Å². The van der Waals surface area contributed by atoms with Crippen molar-refractivity contribution in [2.45, 2.75) is 13.0 Å². The van der Waals surface area contributed by atoms with E-state index in [1.54, 1.807) is 0 Å². The van der Waals surface area contributed by atoms with Crippen LogP contribution < -0.4 is 10.5 Å². The highest BCUT2D eigenvalue weighted by Crippen LogP contribution is 2.30. The monoisotopic (exact) mass is 275 g/mol. The van der Waals surface area contributed by atoms with Crippen molar-refractivity contribution in [2.24, 2.45) is 5.73 Å². The van der Waals surface area contributed by atoms with Gasteiger partial charge in [-0.05, 0) is 40.3 Å². The Balaban J connectivity index is 2.57. The summed E-state index contributed by atoms with van der Waals surface area (Å²) in [7, 11) is 0. The Kier molecular flexibility index (Phi) is 2.23. The normalized spacial score (nSPS) is 14.2. The molecule has 0 radical (unpaired) electrons. The Morgan fingerprint density at radius 2 is 2.33 bits per heavy atom. The molecule has 0 saturated carbocycles. The van der Waals surface area contributed by atoms with Crippen molar-refractivity contribution in [2.75, 3.05) is 6.61 Å². The van der Waals surface area contributed by atoms with E-state index in [4.69, 9.17) is 10.5 Å². The third kappa shape index (κ3) is 1.21. The molecule has 0 unspecified atom stereocenters. The molecule has 2 N–H and O–H groups in total. The van der Waals surface area contributed by atoms with Gasteiger partial charge in [-0.2, -0.15) is 0 Å². The number of fused-ring (bicyclic) bond motifs is 1. The first-order chi connectivity index (χ1) is 5.83. The lowest BCUT2D eigenvalue weighted by atomic mass is 10.1. The van der Waals surface area contributed by atoms with Crippen LogP contribution in [0.2, 0.25) is 0 Å². The molecule has 0 aromatic heterocycles. The molecule has 1 aliphatic rings. The van der Waals surface area contributed by atoms with Crippen LogP contribution in [0.1, 0.15) is 11.1 Å². The van der Waals surface area contributed by atoms with Gasteiger partial charge in [0.1, 0.15) is 5.75 Å². The molecule has 1 heterocycles. The van der Waals surface area contributed by atoms with E-state index in [0.29, 0.717) is 6.54 Å². The second-order valence-electron chi connectivity index (χ2n) is 2.81. The predicted octanol–water partition coefficient (Wildman–Crippen LogP) is 1.68. The molecule has 12 heavy (non-hydrogen) atoms. The Bertz CT molecular complexity index is 312. The minimum atomic E-state index is 0.616. The van der Waals surface area contributed by atoms with Gasteiger partial charge in [-0.15, -0.1) is 0 Å². The molecule has 0 fully saturated rings. The fourth-order valence-corrected chi connectivity index (χ4v) is 2.26. The molecule has 2 rings (SSSR count). The van der Waals surface area contributed by atoms with Crippen molar-refractivity contribution in [1.82, 2.24) is 0 Å². The maximum atomic E-state index is 5.66. The first-order valence-electron chi connectivity index (χ1n) is 3.96. The second kappa shape index (κ2) is 3.22. The Hall–Kier alpha value is -0.290. The van der Waals surface area contributed by atoms with Crippen molar-refractivity contribution in [3.8, 4) is 5.75 Å². The maximum Gasteiger partial charge on any atom is 0.123 e. The van der Waals surface area contributed by atoms with E-state index < -0.39 is 0 Å². The van der Waals surface area contributed by atoms with Crippen LogP contribution in [0, 0.1) is 3.57 Å². The number of ether oxygens (including phenoxy) is 1. The maximum absolute atomic E-state index is 5.66. The van der Waals surface area contributed by atoms with E-state index >= 15 is 0 Å². The van der Waals surface area contributed by atoms with E-state index in [1.165, 1.54) is 14.7 Å². The lowest BCUT2D eigenvalue weighted by Gasteiger charge is -2.06. The van der Waals surface area contributed by atoms with Gasteiger partial charge in [0.2, 0.25) is 0 Å². The molecule has 64 valence electrons. The lowest BCUT2D eigenvalue weighted by molar-refractivity contribution is 0.357. The van der Waals surface area contributed by atoms with Gasteiger partial charge >= 0.3 is 0 Å². The van der Waals surface area contributed by atoms with Crippen molar-refractivity contribution < 1.29 is 4.74 Å². The summed E-state index contributed by atoms with van der Waals surface area (Å²) in [5.41, 5.74) is 8.23. The molecule has 0 amide bonds. The number of hydrogen-bond acceptors (Lipinski definition) is 2. The smallest absolute Gasteiger partial charge is 0.123 e. The Morgan fingerprint density at radius 1 is 1.50 bits per heavy atom. The van der Waals surface area contributed by atoms with Crippen LogP contribution in [0.5, 0.6) is 5.75 Å². The number of hydrogen-bond donors (Lipinski definition) is 1. The van der Waals surface area contributed by atoms with Gasteiger partial charge in [-0.1, -0.05) is 0 Å². The fraction of sp³-hybridized carbons (Fsp3) is 0.333. The molecule has 0 aliphatic carbocycles. The summed E-state index contributed by atoms with van der Waals surface area (Å²) in [6, 6.07) is 4.09. The summed E-state index contributed by atoms with van der Waals surface area (Å²) in [5, 5.41) is 0. The molecule has 0 bridgehead atoms. The van der Waals surface area contributed by atoms with E-state index in [1.807, 2.05) is 6.07 Å². The summed E-state index contributed by atoms with van der Waals surface area (Å²) in [6.07, 6.45) is 1.01. The number of rotatable bonds is 1. The molecule has 0 atom stereocenters. The summed E-state index contributed by atoms with van der Waals surface area (Å²) in [4.78, 5) is 0. The molecule has 1 aromatic rings. The molecule has 1 aromatic carbocycles. The van der Waals surface area contributed by atoms with Crippen molar-refractivity contribution in [3.63, 3.8) is 0 Å². The quantitative estimate of drug-likeness (QED) is 0.791. The van der Waals surface area contributed by atoms with Crippen LogP contribution >= 0.6 is 22.6 Å². The molecule has 0 spiro atoms. The Morgan fingerprint density at radius 3 is 3.08 bits per heavy atom. The zero-order chi connectivity index (χ0) is 8.55. The van der Waals surface area contributed by atoms with Crippen molar-refractivity contribution in [1.29, 1.82) is 0 Å². The van der Waals surface area contributed by atoms with Crippen LogP contribution in [0.15, 0.2) is 12.1 Å². The molecular weight excluding hydrogens is 265 g/mol. The van der Waals surface area contributed by atoms with Gasteiger partial charge < -0.3 is 10.5 Å². The van der Waals surface area contributed by atoms with Crippen LogP contribution in [-0.2, 0) is 13.0 Å². The first-order valence-corrected chi connectivity index (χ1v) is 5.04. The summed E-state index contributed by atoms with van der Waals surface area (Å²) in [6.45, 7) is 1.42. The largest absolute Gasteiger partial charge is 0.493 e. The highest BCUT2D eigenvalue weighted by molar-refractivity contribution is 14.1. The van der Waals surface area contributed by atoms with Crippen molar-refractivity contribution in [3.05, 3.63) is 26.8 Å². The molecular formula is C9H10INO. The highest BCUT2D eigenvalue weighted by atomic mass is 127. The fourth-order valence-electron chi connectivity index (χ4n) is 1.54. The topological polar surface area (TPSA) is 35.2 Å². The van der Waals surface area contributed by atoms with E-state index in [-0.39, 0.29) is 0 Å². The zero-order valence-corrected chi connectivity index (χ0v) is 8.80. The van der Waals surface area contributed by atoms with Crippen LogP contribution in [0.3, 0.4) is 0 Å². The van der Waals surface area contributed by atoms with Crippen molar-refractivity contribution >= 4 is 22.6 Å². The molecule has 3 heteroatoms. The lowest BCUT2D eigenvalue weighted by Crippen LogP contribution is -2.02. The number of benzene rings is 1. The second-order valence-corrected chi connectivity index (χ2v) is 3.97. The van der Waals surface area contributed by atoms with Gasteiger partial charge in [0.05, 0.1) is 6.61 Å². The standard InChI is InChI=1S/C9H10INO/c10-8-1-2-9-6(3-4-12-9)7(8)5-11/h1-2H,3-5,11H2. The number of halogens is 1. The van der Waals surface area contributed by atoms with Crippen LogP contribution in [0.4, 0.5) is 0 Å². The number of nitrogens with two attached hydrogens (primary N) is 1. The summed E-state index contributed by atoms with van der Waals surface area (Å²) in [5.74, 6) is 1.02. The minimum Gasteiger partial charge on any atom is -0.493 e. The predicted molar refractivity (Wildman–Crippen MR) is 56.2 cm³/mol. The zero-order valence-electron chi connectivity index (χ0n) is 6.64. The van der Waals surface area contributed by atoms with E-state index in [2.05, 4.69) is 28.7 Å². The van der Waals surface area contributed by atoms with Gasteiger partial charge in [-0.3, -0.25) is 0 Å². The third-order valence-corrected chi connectivity index (χ3v) is 3.16. The van der Waals surface area contributed by atoms with Gasteiger partial charge in [0, 0.05) is 22.1 Å². The average molecular weight is 275 g/mol. The molecule has 0 saturated heterocycles. The molecule has 2 nitrogen and oxygen atoms in total. The average Bonchev–Trinajstić information content (AvgIpc) is 2.52. The molecule has 1 aliphatic heterocycles. The summed E-state index contributed by atoms with van der Waals surface area (Å²) < 4.78 is 6.69. The van der Waals surface area contributed by atoms with Gasteiger partial charge in [-0.25, -0.2) is 0 Å². The third-order valence-electron chi connectivity index (χ3n) is 2.14. The van der Waals surface area contributed by atoms with Gasteiger partial charge in [0.15, 0.2) is 0 Å².